The van der Waals surface area contributed by atoms with Crippen molar-refractivity contribution in [3.63, 3.8) is 0 Å². The fourth-order valence-corrected chi connectivity index (χ4v) is 3.39. The van der Waals surface area contributed by atoms with E-state index in [1.165, 1.54) is 4.90 Å². The third-order valence-corrected chi connectivity index (χ3v) is 4.90. The minimum atomic E-state index is -0.882. The first-order valence-electron chi connectivity index (χ1n) is 9.33. The first kappa shape index (κ1) is 18.3. The number of carbonyl (C=O) groups excluding carboxylic acids is 2. The highest BCUT2D eigenvalue weighted by Gasteiger charge is 2.33. The van der Waals surface area contributed by atoms with Crippen LogP contribution in [0.2, 0.25) is 0 Å². The van der Waals surface area contributed by atoms with Crippen LogP contribution >= 0.6 is 0 Å². The fraction of sp³-hybridized carbons (Fsp3) is 0.333. The van der Waals surface area contributed by atoms with Crippen LogP contribution in [0, 0.1) is 0 Å². The van der Waals surface area contributed by atoms with E-state index >= 15 is 0 Å². The second-order valence-corrected chi connectivity index (χ2v) is 6.86. The normalized spacial score (nSPS) is 20.9. The Labute approximate surface area is 163 Å². The van der Waals surface area contributed by atoms with Gasteiger partial charge in [-0.15, -0.1) is 0 Å². The van der Waals surface area contributed by atoms with E-state index in [-0.39, 0.29) is 18.6 Å². The third kappa shape index (κ3) is 3.80. The first-order chi connectivity index (χ1) is 13.6. The summed E-state index contributed by atoms with van der Waals surface area (Å²) in [6.45, 7) is 1.36. The molecule has 2 amide bonds. The number of nitrogens with zero attached hydrogens (tertiary/aromatic N) is 1. The summed E-state index contributed by atoms with van der Waals surface area (Å²) >= 11 is 0. The lowest BCUT2D eigenvalue weighted by Crippen LogP contribution is -2.49. The van der Waals surface area contributed by atoms with Crippen molar-refractivity contribution in [3.05, 3.63) is 54.1 Å². The summed E-state index contributed by atoms with van der Waals surface area (Å²) < 4.78 is 16.9. The predicted molar refractivity (Wildman–Crippen MR) is 103 cm³/mol. The molecule has 2 aliphatic heterocycles. The van der Waals surface area contributed by atoms with Crippen molar-refractivity contribution in [3.8, 4) is 11.5 Å². The molecule has 0 radical (unpaired) electrons. The quantitative estimate of drug-likeness (QED) is 0.856. The first-order valence-corrected chi connectivity index (χ1v) is 9.33. The van der Waals surface area contributed by atoms with Crippen LogP contribution in [0.25, 0.3) is 0 Å². The number of ether oxygens (including phenoxy) is 3. The molecule has 0 aromatic heterocycles. The van der Waals surface area contributed by atoms with Gasteiger partial charge < -0.3 is 24.8 Å². The van der Waals surface area contributed by atoms with Gasteiger partial charge in [-0.05, 0) is 49.2 Å². The Kier molecular flexibility index (Phi) is 5.16. The van der Waals surface area contributed by atoms with Crippen LogP contribution in [-0.4, -0.2) is 43.8 Å². The van der Waals surface area contributed by atoms with Gasteiger partial charge in [0.1, 0.15) is 18.1 Å². The van der Waals surface area contributed by atoms with Crippen molar-refractivity contribution in [1.82, 2.24) is 0 Å². The van der Waals surface area contributed by atoms with Gasteiger partial charge in [0.25, 0.3) is 11.8 Å². The second-order valence-electron chi connectivity index (χ2n) is 6.86. The van der Waals surface area contributed by atoms with Crippen LogP contribution in [0.1, 0.15) is 23.2 Å². The van der Waals surface area contributed by atoms with Crippen molar-refractivity contribution in [2.75, 3.05) is 24.7 Å². The van der Waals surface area contributed by atoms with Crippen LogP contribution < -0.4 is 20.1 Å². The number of hydrogen-bond acceptors (Lipinski definition) is 5. The number of amides is 2. The van der Waals surface area contributed by atoms with Crippen molar-refractivity contribution < 1.29 is 23.8 Å². The molecule has 2 N–H and O–H groups in total. The molecular formula is C21H22N2O5. The van der Waals surface area contributed by atoms with E-state index in [9.17, 15) is 9.59 Å². The topological polar surface area (TPSA) is 91.1 Å². The SMILES string of the molecule is NC(=O)C1CN(C(=O)c2ccc(OCC3CCCO3)cc2)c2ccccc2O1. The molecule has 0 saturated carbocycles. The summed E-state index contributed by atoms with van der Waals surface area (Å²) in [5.74, 6) is 0.310. The van der Waals surface area contributed by atoms with Gasteiger partial charge in [0.15, 0.2) is 6.10 Å². The Morgan fingerprint density at radius 3 is 2.64 bits per heavy atom. The van der Waals surface area contributed by atoms with E-state index in [1.807, 2.05) is 6.07 Å². The van der Waals surface area contributed by atoms with Crippen LogP contribution in [0.4, 0.5) is 5.69 Å². The van der Waals surface area contributed by atoms with E-state index in [4.69, 9.17) is 19.9 Å². The van der Waals surface area contributed by atoms with Gasteiger partial charge in [0.05, 0.1) is 18.3 Å². The molecule has 7 nitrogen and oxygen atoms in total. The molecule has 0 aliphatic carbocycles. The lowest BCUT2D eigenvalue weighted by atomic mass is 10.1. The molecular weight excluding hydrogens is 360 g/mol. The lowest BCUT2D eigenvalue weighted by Gasteiger charge is -2.33. The van der Waals surface area contributed by atoms with Gasteiger partial charge in [0.2, 0.25) is 0 Å². The standard InChI is InChI=1S/C21H22N2O5/c22-20(24)19-12-23(17-5-1-2-6-18(17)28-19)21(25)14-7-9-15(10-8-14)27-13-16-4-3-11-26-16/h1-2,5-10,16,19H,3-4,11-13H2,(H2,22,24). The Balaban J connectivity index is 1.49. The summed E-state index contributed by atoms with van der Waals surface area (Å²) in [4.78, 5) is 26.2. The maximum absolute atomic E-state index is 13.1. The number of primary amides is 1. The monoisotopic (exact) mass is 382 g/mol. The third-order valence-electron chi connectivity index (χ3n) is 4.90. The van der Waals surface area contributed by atoms with Crippen molar-refractivity contribution in [2.45, 2.75) is 25.0 Å². The number of hydrogen-bond donors (Lipinski definition) is 1. The molecule has 2 aromatic rings. The number of para-hydroxylation sites is 2. The Morgan fingerprint density at radius 1 is 1.14 bits per heavy atom. The minimum absolute atomic E-state index is 0.0719. The maximum Gasteiger partial charge on any atom is 0.260 e. The smallest absolute Gasteiger partial charge is 0.260 e. The van der Waals surface area contributed by atoms with Gasteiger partial charge in [-0.25, -0.2) is 0 Å². The Morgan fingerprint density at radius 2 is 1.93 bits per heavy atom. The summed E-state index contributed by atoms with van der Waals surface area (Å²) in [5.41, 5.74) is 6.51. The van der Waals surface area contributed by atoms with Gasteiger partial charge >= 0.3 is 0 Å². The van der Waals surface area contributed by atoms with Crippen molar-refractivity contribution in [1.29, 1.82) is 0 Å². The molecule has 4 rings (SSSR count). The summed E-state index contributed by atoms with van der Waals surface area (Å²) in [7, 11) is 0. The molecule has 2 unspecified atom stereocenters. The van der Waals surface area contributed by atoms with Gasteiger partial charge in [-0.1, -0.05) is 12.1 Å². The maximum atomic E-state index is 13.1. The van der Waals surface area contributed by atoms with Crippen LogP contribution in [0.3, 0.4) is 0 Å². The highest BCUT2D eigenvalue weighted by molar-refractivity contribution is 6.07. The van der Waals surface area contributed by atoms with E-state index < -0.39 is 12.0 Å². The van der Waals surface area contributed by atoms with Crippen molar-refractivity contribution >= 4 is 17.5 Å². The summed E-state index contributed by atoms with van der Waals surface area (Å²) in [5, 5.41) is 0. The Bertz CT molecular complexity index is 861. The molecule has 28 heavy (non-hydrogen) atoms. The molecule has 1 fully saturated rings. The number of fused-ring (bicyclic) bond motifs is 1. The fourth-order valence-electron chi connectivity index (χ4n) is 3.39. The molecule has 2 heterocycles. The van der Waals surface area contributed by atoms with Crippen LogP contribution in [0.5, 0.6) is 11.5 Å². The number of nitrogens with two attached hydrogens (primary N) is 1. The summed E-state index contributed by atoms with van der Waals surface area (Å²) in [6, 6.07) is 14.0. The zero-order valence-corrected chi connectivity index (χ0v) is 15.4. The zero-order valence-electron chi connectivity index (χ0n) is 15.4. The molecule has 2 aliphatic rings. The van der Waals surface area contributed by atoms with Gasteiger partial charge in [-0.2, -0.15) is 0 Å². The second kappa shape index (κ2) is 7.90. The molecule has 2 aromatic carbocycles. The Hall–Kier alpha value is -3.06. The lowest BCUT2D eigenvalue weighted by molar-refractivity contribution is -0.124. The zero-order chi connectivity index (χ0) is 19.5. The van der Waals surface area contributed by atoms with E-state index in [0.29, 0.717) is 29.4 Å². The molecule has 2 atom stereocenters. The van der Waals surface area contributed by atoms with E-state index in [0.717, 1.165) is 19.4 Å². The van der Waals surface area contributed by atoms with Crippen molar-refractivity contribution in [2.24, 2.45) is 5.73 Å². The minimum Gasteiger partial charge on any atom is -0.491 e. The average molecular weight is 382 g/mol. The molecule has 7 heteroatoms. The van der Waals surface area contributed by atoms with Gasteiger partial charge in [0, 0.05) is 12.2 Å². The number of rotatable bonds is 5. The van der Waals surface area contributed by atoms with Gasteiger partial charge in [-0.3, -0.25) is 9.59 Å². The number of benzene rings is 2. The largest absolute Gasteiger partial charge is 0.491 e. The average Bonchev–Trinajstić information content (AvgIpc) is 3.25. The van der Waals surface area contributed by atoms with Crippen LogP contribution in [-0.2, 0) is 9.53 Å². The molecule has 0 spiro atoms. The number of anilines is 1. The van der Waals surface area contributed by atoms with E-state index in [2.05, 4.69) is 0 Å². The predicted octanol–water partition coefficient (Wildman–Crippen LogP) is 2.14. The molecule has 146 valence electrons. The highest BCUT2D eigenvalue weighted by Crippen LogP contribution is 2.34. The summed E-state index contributed by atoms with van der Waals surface area (Å²) in [6.07, 6.45) is 1.33. The van der Waals surface area contributed by atoms with E-state index in [1.54, 1.807) is 42.5 Å². The molecule has 1 saturated heterocycles. The highest BCUT2D eigenvalue weighted by atomic mass is 16.5. The number of carbonyl (C=O) groups is 2. The molecule has 0 bridgehead atoms. The van der Waals surface area contributed by atoms with Crippen LogP contribution in [0.15, 0.2) is 48.5 Å².